The fraction of sp³-hybridized carbons (Fsp3) is 0.571. The molecule has 21 heavy (non-hydrogen) atoms. The Labute approximate surface area is 128 Å². The van der Waals surface area contributed by atoms with Crippen molar-refractivity contribution in [3.8, 4) is 0 Å². The van der Waals surface area contributed by atoms with Gasteiger partial charge in [-0.15, -0.1) is 0 Å². The average molecular weight is 316 g/mol. The van der Waals surface area contributed by atoms with Gasteiger partial charge in [0.05, 0.1) is 16.0 Å². The van der Waals surface area contributed by atoms with E-state index in [0.29, 0.717) is 5.69 Å². The standard InChI is InChI=1S/C14H19ClFN3O2/c1-2-5-18-6-3-10(4-7-18)17-13-8-11(15)12(16)9-14(13)19(20)21/h8-10,17H,2-7H2,1H3. The number of benzene rings is 1. The van der Waals surface area contributed by atoms with E-state index in [9.17, 15) is 14.5 Å². The fourth-order valence-corrected chi connectivity index (χ4v) is 2.80. The molecule has 0 saturated carbocycles. The van der Waals surface area contributed by atoms with Crippen LogP contribution in [0.4, 0.5) is 15.8 Å². The molecule has 1 aliphatic rings. The van der Waals surface area contributed by atoms with Crippen LogP contribution in [0.25, 0.3) is 0 Å². The summed E-state index contributed by atoms with van der Waals surface area (Å²) in [4.78, 5) is 12.8. The number of hydrogen-bond donors (Lipinski definition) is 1. The van der Waals surface area contributed by atoms with Gasteiger partial charge in [0, 0.05) is 19.1 Å². The molecule has 0 amide bonds. The van der Waals surface area contributed by atoms with E-state index in [1.54, 1.807) is 0 Å². The highest BCUT2D eigenvalue weighted by molar-refractivity contribution is 6.31. The van der Waals surface area contributed by atoms with E-state index in [0.717, 1.165) is 45.0 Å². The minimum atomic E-state index is -0.772. The van der Waals surface area contributed by atoms with Crippen LogP contribution in [0.1, 0.15) is 26.2 Å². The van der Waals surface area contributed by atoms with Crippen molar-refractivity contribution in [2.45, 2.75) is 32.2 Å². The lowest BCUT2D eigenvalue weighted by Gasteiger charge is -2.32. The van der Waals surface area contributed by atoms with Gasteiger partial charge in [0.1, 0.15) is 11.5 Å². The highest BCUT2D eigenvalue weighted by Crippen LogP contribution is 2.31. The number of anilines is 1. The van der Waals surface area contributed by atoms with Crippen molar-refractivity contribution in [3.63, 3.8) is 0 Å². The van der Waals surface area contributed by atoms with E-state index in [1.807, 2.05) is 0 Å². The van der Waals surface area contributed by atoms with Gasteiger partial charge in [-0.1, -0.05) is 18.5 Å². The normalized spacial score (nSPS) is 16.9. The number of nitro groups is 1. The summed E-state index contributed by atoms with van der Waals surface area (Å²) in [5.74, 6) is -0.772. The smallest absolute Gasteiger partial charge is 0.295 e. The van der Waals surface area contributed by atoms with Gasteiger partial charge in [-0.2, -0.15) is 0 Å². The minimum absolute atomic E-state index is 0.105. The quantitative estimate of drug-likeness (QED) is 0.665. The number of halogens is 2. The van der Waals surface area contributed by atoms with Crippen molar-refractivity contribution in [3.05, 3.63) is 33.1 Å². The molecule has 0 aromatic heterocycles. The van der Waals surface area contributed by atoms with Crippen molar-refractivity contribution < 1.29 is 9.31 Å². The molecule has 116 valence electrons. The van der Waals surface area contributed by atoms with Gasteiger partial charge in [-0.05, 0) is 31.9 Å². The van der Waals surface area contributed by atoms with E-state index in [-0.39, 0.29) is 16.8 Å². The molecule has 1 fully saturated rings. The molecule has 1 aliphatic heterocycles. The van der Waals surface area contributed by atoms with Crippen LogP contribution in [0.15, 0.2) is 12.1 Å². The predicted molar refractivity (Wildman–Crippen MR) is 81.4 cm³/mol. The first-order valence-corrected chi connectivity index (χ1v) is 7.51. The van der Waals surface area contributed by atoms with Gasteiger partial charge in [0.25, 0.3) is 5.69 Å². The van der Waals surface area contributed by atoms with E-state index in [1.165, 1.54) is 6.07 Å². The Morgan fingerprint density at radius 3 is 2.71 bits per heavy atom. The lowest BCUT2D eigenvalue weighted by atomic mass is 10.0. The SMILES string of the molecule is CCCN1CCC(Nc2cc(Cl)c(F)cc2[N+](=O)[O-])CC1. The van der Waals surface area contributed by atoms with Gasteiger partial charge < -0.3 is 10.2 Å². The highest BCUT2D eigenvalue weighted by atomic mass is 35.5. The van der Waals surface area contributed by atoms with Crippen LogP contribution in [0.3, 0.4) is 0 Å². The van der Waals surface area contributed by atoms with Crippen molar-refractivity contribution in [1.29, 1.82) is 0 Å². The molecule has 1 saturated heterocycles. The van der Waals surface area contributed by atoms with Crippen molar-refractivity contribution in [2.24, 2.45) is 0 Å². The zero-order chi connectivity index (χ0) is 15.4. The summed E-state index contributed by atoms with van der Waals surface area (Å²) in [7, 11) is 0. The first-order valence-electron chi connectivity index (χ1n) is 7.13. The summed E-state index contributed by atoms with van der Waals surface area (Å²) in [6.45, 7) is 5.16. The summed E-state index contributed by atoms with van der Waals surface area (Å²) in [5.41, 5.74) is 0.0215. The molecular formula is C14H19ClFN3O2. The minimum Gasteiger partial charge on any atom is -0.377 e. The first kappa shape index (κ1) is 16.0. The molecule has 7 heteroatoms. The predicted octanol–water partition coefficient (Wildman–Crippen LogP) is 3.67. The Morgan fingerprint density at radius 2 is 2.14 bits per heavy atom. The highest BCUT2D eigenvalue weighted by Gasteiger charge is 2.23. The molecular weight excluding hydrogens is 297 g/mol. The molecule has 0 radical (unpaired) electrons. The number of piperidine rings is 1. The van der Waals surface area contributed by atoms with E-state index in [4.69, 9.17) is 11.6 Å². The summed E-state index contributed by atoms with van der Waals surface area (Å²) in [6, 6.07) is 2.32. The third-order valence-electron chi connectivity index (χ3n) is 3.72. The van der Waals surface area contributed by atoms with Crippen LogP contribution in [-0.2, 0) is 0 Å². The van der Waals surface area contributed by atoms with Gasteiger partial charge in [-0.25, -0.2) is 4.39 Å². The molecule has 0 atom stereocenters. The van der Waals surface area contributed by atoms with E-state index in [2.05, 4.69) is 17.1 Å². The Hall–Kier alpha value is -1.40. The molecule has 1 heterocycles. The number of hydrogen-bond acceptors (Lipinski definition) is 4. The average Bonchev–Trinajstić information content (AvgIpc) is 2.44. The molecule has 1 aromatic rings. The lowest BCUT2D eigenvalue weighted by molar-refractivity contribution is -0.384. The zero-order valence-corrected chi connectivity index (χ0v) is 12.7. The van der Waals surface area contributed by atoms with Crippen LogP contribution in [0, 0.1) is 15.9 Å². The molecule has 0 spiro atoms. The van der Waals surface area contributed by atoms with E-state index >= 15 is 0 Å². The third-order valence-corrected chi connectivity index (χ3v) is 4.01. The summed E-state index contributed by atoms with van der Waals surface area (Å²) in [6.07, 6.45) is 2.94. The van der Waals surface area contributed by atoms with Crippen LogP contribution in [0.2, 0.25) is 5.02 Å². The molecule has 0 aliphatic carbocycles. The summed E-state index contributed by atoms with van der Waals surface area (Å²) >= 11 is 5.73. The monoisotopic (exact) mass is 315 g/mol. The van der Waals surface area contributed by atoms with Crippen LogP contribution in [-0.4, -0.2) is 35.5 Å². The van der Waals surface area contributed by atoms with E-state index < -0.39 is 10.7 Å². The maximum absolute atomic E-state index is 13.4. The van der Waals surface area contributed by atoms with Crippen molar-refractivity contribution >= 4 is 23.0 Å². The van der Waals surface area contributed by atoms with Crippen LogP contribution in [0.5, 0.6) is 0 Å². The third kappa shape index (κ3) is 4.04. The Balaban J connectivity index is 2.06. The van der Waals surface area contributed by atoms with Crippen molar-refractivity contribution in [2.75, 3.05) is 25.0 Å². The second kappa shape index (κ2) is 7.04. The molecule has 0 unspecified atom stereocenters. The Kier molecular flexibility index (Phi) is 5.36. The first-order chi connectivity index (χ1) is 10.0. The summed E-state index contributed by atoms with van der Waals surface area (Å²) < 4.78 is 13.4. The lowest BCUT2D eigenvalue weighted by Crippen LogP contribution is -2.39. The molecule has 0 bridgehead atoms. The molecule has 1 aromatic carbocycles. The second-order valence-electron chi connectivity index (χ2n) is 5.30. The van der Waals surface area contributed by atoms with Crippen LogP contribution >= 0.6 is 11.6 Å². The fourth-order valence-electron chi connectivity index (χ4n) is 2.64. The van der Waals surface area contributed by atoms with Gasteiger partial charge in [0.15, 0.2) is 0 Å². The van der Waals surface area contributed by atoms with Gasteiger partial charge >= 0.3 is 0 Å². The number of rotatable bonds is 5. The molecule has 1 N–H and O–H groups in total. The largest absolute Gasteiger partial charge is 0.377 e. The number of nitro benzene ring substituents is 1. The maximum atomic E-state index is 13.4. The zero-order valence-electron chi connectivity index (χ0n) is 11.9. The topological polar surface area (TPSA) is 58.4 Å². The van der Waals surface area contributed by atoms with Gasteiger partial charge in [0.2, 0.25) is 0 Å². The Bertz CT molecular complexity index is 519. The van der Waals surface area contributed by atoms with Gasteiger partial charge in [-0.3, -0.25) is 10.1 Å². The number of nitrogens with zero attached hydrogens (tertiary/aromatic N) is 2. The summed E-state index contributed by atoms with van der Waals surface area (Å²) in [5, 5.41) is 14.0. The molecule has 2 rings (SSSR count). The number of likely N-dealkylation sites (tertiary alicyclic amines) is 1. The molecule has 5 nitrogen and oxygen atoms in total. The van der Waals surface area contributed by atoms with Crippen molar-refractivity contribution in [1.82, 2.24) is 4.90 Å². The second-order valence-corrected chi connectivity index (χ2v) is 5.71. The maximum Gasteiger partial charge on any atom is 0.295 e. The Morgan fingerprint density at radius 1 is 1.48 bits per heavy atom. The van der Waals surface area contributed by atoms with Crippen LogP contribution < -0.4 is 5.32 Å². The number of nitrogens with one attached hydrogen (secondary N) is 1.